The maximum Gasteiger partial charge on any atom is 0.283 e. The van der Waals surface area contributed by atoms with Gasteiger partial charge in [0.25, 0.3) is 11.8 Å². The summed E-state index contributed by atoms with van der Waals surface area (Å²) in [4.78, 5) is 15.0. The smallest absolute Gasteiger partial charge is 0.283 e. The standard InChI is InChI=1S/C23H23FN4O3/c1-4-11-27(14-21-25-26-22(31-21)20-10-7-12-30-20)23(29)17-13-15(2)28(16(17)3)19-9-6-5-8-18(19)24/h5-10,12-13H,4,11,14H2,1-3H3. The minimum absolute atomic E-state index is 0.170. The molecule has 4 rings (SSSR count). The molecule has 4 aromatic rings. The molecule has 0 aliphatic heterocycles. The molecule has 0 radical (unpaired) electrons. The normalized spacial score (nSPS) is 11.1. The first kappa shape index (κ1) is 20.6. The Morgan fingerprint density at radius 2 is 1.97 bits per heavy atom. The molecule has 0 aliphatic rings. The summed E-state index contributed by atoms with van der Waals surface area (Å²) in [5, 5.41) is 8.04. The predicted octanol–water partition coefficient (Wildman–Crippen LogP) is 4.93. The lowest BCUT2D eigenvalue weighted by atomic mass is 10.2. The molecule has 0 saturated heterocycles. The summed E-state index contributed by atoms with van der Waals surface area (Å²) < 4.78 is 27.1. The highest BCUT2D eigenvalue weighted by Crippen LogP contribution is 2.25. The van der Waals surface area contributed by atoms with E-state index in [2.05, 4.69) is 10.2 Å². The van der Waals surface area contributed by atoms with Crippen LogP contribution in [-0.2, 0) is 6.54 Å². The van der Waals surface area contributed by atoms with Crippen LogP contribution in [0.4, 0.5) is 4.39 Å². The third-order valence-corrected chi connectivity index (χ3v) is 5.06. The second-order valence-corrected chi connectivity index (χ2v) is 7.28. The highest BCUT2D eigenvalue weighted by atomic mass is 19.1. The minimum Gasteiger partial charge on any atom is -0.459 e. The van der Waals surface area contributed by atoms with E-state index in [0.29, 0.717) is 35.1 Å². The van der Waals surface area contributed by atoms with Crippen LogP contribution in [0.1, 0.15) is 41.0 Å². The van der Waals surface area contributed by atoms with Crippen molar-refractivity contribution in [3.63, 3.8) is 0 Å². The zero-order valence-electron chi connectivity index (χ0n) is 17.6. The molecular formula is C23H23FN4O3. The van der Waals surface area contributed by atoms with Gasteiger partial charge in [0.2, 0.25) is 5.89 Å². The Labute approximate surface area is 179 Å². The van der Waals surface area contributed by atoms with Gasteiger partial charge in [-0.15, -0.1) is 10.2 Å². The summed E-state index contributed by atoms with van der Waals surface area (Å²) in [7, 11) is 0. The van der Waals surface area contributed by atoms with Crippen LogP contribution in [0, 0.1) is 19.7 Å². The third kappa shape index (κ3) is 4.01. The number of amides is 1. The summed E-state index contributed by atoms with van der Waals surface area (Å²) in [5.41, 5.74) is 2.38. The van der Waals surface area contributed by atoms with Gasteiger partial charge in [0.05, 0.1) is 24.1 Å². The summed E-state index contributed by atoms with van der Waals surface area (Å²) in [5.74, 6) is 0.540. The molecule has 0 saturated carbocycles. The maximum atomic E-state index is 14.4. The molecule has 1 amide bonds. The average molecular weight is 422 g/mol. The van der Waals surface area contributed by atoms with Crippen LogP contribution in [0.5, 0.6) is 0 Å². The van der Waals surface area contributed by atoms with Gasteiger partial charge < -0.3 is 18.3 Å². The molecule has 1 aromatic carbocycles. The Bertz CT molecular complexity index is 1190. The molecular weight excluding hydrogens is 399 g/mol. The predicted molar refractivity (Wildman–Crippen MR) is 112 cm³/mol. The number of aryl methyl sites for hydroxylation is 1. The molecule has 0 aliphatic carbocycles. The van der Waals surface area contributed by atoms with Crippen molar-refractivity contribution in [2.75, 3.05) is 6.54 Å². The molecule has 0 unspecified atom stereocenters. The zero-order chi connectivity index (χ0) is 22.0. The van der Waals surface area contributed by atoms with Crippen molar-refractivity contribution in [2.45, 2.75) is 33.7 Å². The van der Waals surface area contributed by atoms with Gasteiger partial charge in [0.1, 0.15) is 5.82 Å². The van der Waals surface area contributed by atoms with Crippen molar-refractivity contribution < 1.29 is 18.0 Å². The number of aromatic nitrogens is 3. The van der Waals surface area contributed by atoms with Crippen LogP contribution in [0.15, 0.2) is 57.6 Å². The second-order valence-electron chi connectivity index (χ2n) is 7.28. The molecule has 8 heteroatoms. The van der Waals surface area contributed by atoms with E-state index in [4.69, 9.17) is 8.83 Å². The Morgan fingerprint density at radius 1 is 1.16 bits per heavy atom. The highest BCUT2D eigenvalue weighted by molar-refractivity contribution is 5.96. The maximum absolute atomic E-state index is 14.4. The van der Waals surface area contributed by atoms with E-state index in [-0.39, 0.29) is 24.2 Å². The van der Waals surface area contributed by atoms with Crippen molar-refractivity contribution in [1.29, 1.82) is 0 Å². The van der Waals surface area contributed by atoms with Crippen LogP contribution in [0.25, 0.3) is 17.3 Å². The molecule has 31 heavy (non-hydrogen) atoms. The summed E-state index contributed by atoms with van der Waals surface area (Å²) in [6.45, 7) is 6.35. The fraction of sp³-hybridized carbons (Fsp3) is 0.261. The van der Waals surface area contributed by atoms with Gasteiger partial charge in [0.15, 0.2) is 5.76 Å². The van der Waals surface area contributed by atoms with Gasteiger partial charge in [-0.05, 0) is 50.6 Å². The van der Waals surface area contributed by atoms with Crippen LogP contribution in [0.2, 0.25) is 0 Å². The molecule has 3 heterocycles. The average Bonchev–Trinajstić information content (AvgIpc) is 3.49. The lowest BCUT2D eigenvalue weighted by molar-refractivity contribution is 0.0728. The van der Waals surface area contributed by atoms with Gasteiger partial charge >= 0.3 is 0 Å². The zero-order valence-corrected chi connectivity index (χ0v) is 17.6. The number of hydrogen-bond donors (Lipinski definition) is 0. The molecule has 0 atom stereocenters. The quantitative estimate of drug-likeness (QED) is 0.422. The first-order valence-electron chi connectivity index (χ1n) is 10.1. The largest absolute Gasteiger partial charge is 0.459 e. The topological polar surface area (TPSA) is 77.3 Å². The lowest BCUT2D eigenvalue weighted by Crippen LogP contribution is -2.31. The van der Waals surface area contributed by atoms with Crippen molar-refractivity contribution in [3.8, 4) is 17.3 Å². The van der Waals surface area contributed by atoms with E-state index >= 15 is 0 Å². The van der Waals surface area contributed by atoms with Gasteiger partial charge in [-0.1, -0.05) is 19.1 Å². The van der Waals surface area contributed by atoms with Crippen molar-refractivity contribution in [3.05, 3.63) is 77.4 Å². The first-order chi connectivity index (χ1) is 15.0. The Morgan fingerprint density at radius 3 is 2.68 bits per heavy atom. The van der Waals surface area contributed by atoms with E-state index in [1.807, 2.05) is 20.8 Å². The molecule has 160 valence electrons. The number of para-hydroxylation sites is 1. The van der Waals surface area contributed by atoms with Crippen LogP contribution >= 0.6 is 0 Å². The second kappa shape index (κ2) is 8.59. The van der Waals surface area contributed by atoms with E-state index in [0.717, 1.165) is 12.1 Å². The van der Waals surface area contributed by atoms with Crippen molar-refractivity contribution >= 4 is 5.91 Å². The lowest BCUT2D eigenvalue weighted by Gasteiger charge is -2.20. The number of carbonyl (C=O) groups excluding carboxylic acids is 1. The molecule has 0 fully saturated rings. The van der Waals surface area contributed by atoms with E-state index < -0.39 is 0 Å². The molecule has 0 N–H and O–H groups in total. The number of hydrogen-bond acceptors (Lipinski definition) is 5. The van der Waals surface area contributed by atoms with Gasteiger partial charge in [0, 0.05) is 17.9 Å². The number of nitrogens with zero attached hydrogens (tertiary/aromatic N) is 4. The summed E-state index contributed by atoms with van der Waals surface area (Å²) >= 11 is 0. The van der Waals surface area contributed by atoms with E-state index in [1.165, 1.54) is 12.3 Å². The molecule has 0 bridgehead atoms. The molecule has 3 aromatic heterocycles. The Hall–Kier alpha value is -3.68. The van der Waals surface area contributed by atoms with Gasteiger partial charge in [-0.3, -0.25) is 4.79 Å². The van der Waals surface area contributed by atoms with Gasteiger partial charge in [-0.25, -0.2) is 4.39 Å². The van der Waals surface area contributed by atoms with Crippen molar-refractivity contribution in [1.82, 2.24) is 19.7 Å². The summed E-state index contributed by atoms with van der Waals surface area (Å²) in [6.07, 6.45) is 2.29. The summed E-state index contributed by atoms with van der Waals surface area (Å²) in [6, 6.07) is 11.8. The van der Waals surface area contributed by atoms with E-state index in [1.54, 1.807) is 45.9 Å². The fourth-order valence-corrected chi connectivity index (χ4v) is 3.66. The number of furan rings is 1. The SMILES string of the molecule is CCCN(Cc1nnc(-c2ccco2)o1)C(=O)c1cc(C)n(-c2ccccc2F)c1C. The Balaban J connectivity index is 1.62. The van der Waals surface area contributed by atoms with E-state index in [9.17, 15) is 9.18 Å². The first-order valence-corrected chi connectivity index (χ1v) is 10.1. The van der Waals surface area contributed by atoms with Crippen LogP contribution in [-0.4, -0.2) is 32.1 Å². The Kier molecular flexibility index (Phi) is 5.70. The minimum atomic E-state index is -0.343. The number of carbonyl (C=O) groups is 1. The molecule has 7 nitrogen and oxygen atoms in total. The highest BCUT2D eigenvalue weighted by Gasteiger charge is 2.24. The number of halogens is 1. The van der Waals surface area contributed by atoms with Gasteiger partial charge in [-0.2, -0.15) is 0 Å². The number of rotatable bonds is 7. The van der Waals surface area contributed by atoms with Crippen LogP contribution in [0.3, 0.4) is 0 Å². The third-order valence-electron chi connectivity index (χ3n) is 5.06. The van der Waals surface area contributed by atoms with Crippen LogP contribution < -0.4 is 0 Å². The number of benzene rings is 1. The van der Waals surface area contributed by atoms with Crippen molar-refractivity contribution in [2.24, 2.45) is 0 Å². The fourth-order valence-electron chi connectivity index (χ4n) is 3.66. The molecule has 0 spiro atoms. The monoisotopic (exact) mass is 422 g/mol.